The number of hydrogen-bond acceptors (Lipinski definition) is 4. The van der Waals surface area contributed by atoms with Crippen LogP contribution in [0.2, 0.25) is 5.02 Å². The maximum atomic E-state index is 13.8. The van der Waals surface area contributed by atoms with Crippen LogP contribution in [0.3, 0.4) is 0 Å². The molecule has 2 aliphatic heterocycles. The van der Waals surface area contributed by atoms with Gasteiger partial charge in [-0.05, 0) is 35.9 Å². The van der Waals surface area contributed by atoms with Gasteiger partial charge in [0, 0.05) is 28.8 Å². The first-order chi connectivity index (χ1) is 13.9. The van der Waals surface area contributed by atoms with Crippen LogP contribution in [-0.4, -0.2) is 29.0 Å². The van der Waals surface area contributed by atoms with Gasteiger partial charge in [-0.15, -0.1) is 11.8 Å². The van der Waals surface area contributed by atoms with Crippen LogP contribution in [0.25, 0.3) is 0 Å². The topological polar surface area (TPSA) is 64.4 Å². The van der Waals surface area contributed by atoms with E-state index in [4.69, 9.17) is 11.6 Å². The molecule has 2 amide bonds. The molecular weight excluding hydrogens is 406 g/mol. The number of halogens is 1. The second-order valence-electron chi connectivity index (χ2n) is 7.50. The van der Waals surface area contributed by atoms with Gasteiger partial charge in [0.15, 0.2) is 4.87 Å². The molecular formula is C22H20ClN3O2S. The van der Waals surface area contributed by atoms with Gasteiger partial charge < -0.3 is 9.80 Å². The fraction of sp³-hybridized carbons (Fsp3) is 0.318. The minimum absolute atomic E-state index is 0.0393. The lowest BCUT2D eigenvalue weighted by Gasteiger charge is -2.34. The predicted octanol–water partition coefficient (Wildman–Crippen LogP) is 4.14. The summed E-state index contributed by atoms with van der Waals surface area (Å²) in [7, 11) is 0. The quantitative estimate of drug-likeness (QED) is 0.741. The first-order valence-corrected chi connectivity index (χ1v) is 10.8. The number of hydrogen-bond donors (Lipinski definition) is 0. The van der Waals surface area contributed by atoms with Crippen molar-refractivity contribution in [3.05, 3.63) is 64.2 Å². The van der Waals surface area contributed by atoms with Crippen molar-refractivity contribution in [3.8, 4) is 6.07 Å². The van der Waals surface area contributed by atoms with E-state index in [0.717, 1.165) is 16.8 Å². The first kappa shape index (κ1) is 19.8. The number of rotatable bonds is 3. The monoisotopic (exact) mass is 425 g/mol. The lowest BCUT2D eigenvalue weighted by Crippen LogP contribution is -2.51. The van der Waals surface area contributed by atoms with E-state index in [1.54, 1.807) is 34.1 Å². The lowest BCUT2D eigenvalue weighted by atomic mass is 10.0. The minimum Gasteiger partial charge on any atom is -0.315 e. The predicted molar refractivity (Wildman–Crippen MR) is 114 cm³/mol. The van der Waals surface area contributed by atoms with E-state index in [-0.39, 0.29) is 17.7 Å². The molecule has 2 aromatic rings. The first-order valence-electron chi connectivity index (χ1n) is 9.45. The van der Waals surface area contributed by atoms with Gasteiger partial charge in [-0.25, -0.2) is 0 Å². The Morgan fingerprint density at radius 3 is 2.83 bits per heavy atom. The number of nitriles is 1. The van der Waals surface area contributed by atoms with Gasteiger partial charge in [0.1, 0.15) is 0 Å². The number of fused-ring (bicyclic) bond motifs is 2. The van der Waals surface area contributed by atoms with Crippen LogP contribution in [0.4, 0.5) is 5.69 Å². The molecule has 2 heterocycles. The molecule has 0 aliphatic carbocycles. The summed E-state index contributed by atoms with van der Waals surface area (Å²) < 4.78 is 0. The third-order valence-electron chi connectivity index (χ3n) is 5.31. The van der Waals surface area contributed by atoms with Crippen LogP contribution in [0.15, 0.2) is 42.5 Å². The summed E-state index contributed by atoms with van der Waals surface area (Å²) in [6.07, 6.45) is 0. The maximum absolute atomic E-state index is 13.8. The number of carbonyl (C=O) groups excluding carboxylic acids is 2. The van der Waals surface area contributed by atoms with Crippen LogP contribution in [0.1, 0.15) is 30.5 Å². The summed E-state index contributed by atoms with van der Waals surface area (Å²) in [6.45, 7) is 4.55. The molecule has 0 bridgehead atoms. The zero-order valence-electron chi connectivity index (χ0n) is 16.2. The van der Waals surface area contributed by atoms with E-state index < -0.39 is 4.87 Å². The summed E-state index contributed by atoms with van der Waals surface area (Å²) in [4.78, 5) is 29.1. The summed E-state index contributed by atoms with van der Waals surface area (Å²) in [5.41, 5.74) is 2.94. The van der Waals surface area contributed by atoms with E-state index in [9.17, 15) is 14.9 Å². The molecule has 148 valence electrons. The number of amides is 2. The molecule has 29 heavy (non-hydrogen) atoms. The van der Waals surface area contributed by atoms with Crippen molar-refractivity contribution in [2.75, 3.05) is 17.2 Å². The highest BCUT2D eigenvalue weighted by molar-refractivity contribution is 8.01. The number of nitrogens with zero attached hydrogens (tertiary/aromatic N) is 3. The van der Waals surface area contributed by atoms with Crippen molar-refractivity contribution in [3.63, 3.8) is 0 Å². The molecule has 7 heteroatoms. The number of anilines is 1. The Morgan fingerprint density at radius 1 is 1.31 bits per heavy atom. The normalized spacial score (nSPS) is 20.4. The molecule has 5 nitrogen and oxygen atoms in total. The SMILES string of the molecule is CC(C)C(=O)N1CCS[C@@]12C(=O)N(Cc1cccc(C#N)c1)c1ccc(Cl)cc12. The van der Waals surface area contributed by atoms with Crippen LogP contribution in [0, 0.1) is 17.2 Å². The highest BCUT2D eigenvalue weighted by Crippen LogP contribution is 2.55. The Morgan fingerprint density at radius 2 is 2.10 bits per heavy atom. The fourth-order valence-corrected chi connectivity index (χ4v) is 5.63. The standard InChI is InChI=1S/C22H20ClN3O2S/c1-14(2)20(27)26-8-9-29-22(26)18-11-17(23)6-7-19(18)25(21(22)28)13-16-5-3-4-15(10-16)12-24/h3-7,10-11,14H,8-9,13H2,1-2H3/t22-/m0/s1. The Kier molecular flexibility index (Phi) is 5.05. The summed E-state index contributed by atoms with van der Waals surface area (Å²) >= 11 is 7.78. The molecule has 0 saturated carbocycles. The van der Waals surface area contributed by atoms with Gasteiger partial charge in [0.2, 0.25) is 5.91 Å². The molecule has 2 aliphatic rings. The van der Waals surface area contributed by atoms with Gasteiger partial charge >= 0.3 is 0 Å². The molecule has 1 fully saturated rings. The Hall–Kier alpha value is -2.49. The molecule has 4 rings (SSSR count). The van der Waals surface area contributed by atoms with E-state index in [0.29, 0.717) is 29.4 Å². The van der Waals surface area contributed by atoms with Gasteiger partial charge in [-0.1, -0.05) is 37.6 Å². The molecule has 2 aromatic carbocycles. The third-order valence-corrected chi connectivity index (χ3v) is 6.97. The molecule has 1 atom stereocenters. The van der Waals surface area contributed by atoms with E-state index in [1.165, 1.54) is 11.8 Å². The molecule has 0 N–H and O–H groups in total. The van der Waals surface area contributed by atoms with Crippen LogP contribution < -0.4 is 4.90 Å². The van der Waals surface area contributed by atoms with Gasteiger partial charge in [-0.3, -0.25) is 9.59 Å². The molecule has 1 saturated heterocycles. The largest absolute Gasteiger partial charge is 0.315 e. The maximum Gasteiger partial charge on any atom is 0.268 e. The van der Waals surface area contributed by atoms with Gasteiger partial charge in [0.05, 0.1) is 23.9 Å². The number of carbonyl (C=O) groups is 2. The molecule has 0 radical (unpaired) electrons. The smallest absolute Gasteiger partial charge is 0.268 e. The van der Waals surface area contributed by atoms with Crippen molar-refractivity contribution >= 4 is 40.9 Å². The zero-order chi connectivity index (χ0) is 20.8. The van der Waals surface area contributed by atoms with Crippen molar-refractivity contribution < 1.29 is 9.59 Å². The van der Waals surface area contributed by atoms with E-state index in [2.05, 4.69) is 6.07 Å². The van der Waals surface area contributed by atoms with E-state index >= 15 is 0 Å². The molecule has 1 spiro atoms. The highest BCUT2D eigenvalue weighted by Gasteiger charge is 2.59. The van der Waals surface area contributed by atoms with Crippen molar-refractivity contribution in [1.82, 2.24) is 4.90 Å². The highest BCUT2D eigenvalue weighted by atomic mass is 35.5. The second kappa shape index (κ2) is 7.40. The third kappa shape index (κ3) is 3.09. The summed E-state index contributed by atoms with van der Waals surface area (Å²) in [5, 5.41) is 9.72. The van der Waals surface area contributed by atoms with Gasteiger partial charge in [0.25, 0.3) is 5.91 Å². The van der Waals surface area contributed by atoms with Crippen LogP contribution in [0.5, 0.6) is 0 Å². The van der Waals surface area contributed by atoms with Crippen LogP contribution >= 0.6 is 23.4 Å². The molecule has 0 unspecified atom stereocenters. The molecule has 0 aromatic heterocycles. The average Bonchev–Trinajstić information content (AvgIpc) is 3.25. The summed E-state index contributed by atoms with van der Waals surface area (Å²) in [6, 6.07) is 14.8. The van der Waals surface area contributed by atoms with Crippen molar-refractivity contribution in [1.29, 1.82) is 5.26 Å². The average molecular weight is 426 g/mol. The Labute approximate surface area is 179 Å². The fourth-order valence-electron chi connectivity index (χ4n) is 4.00. The number of benzene rings is 2. The van der Waals surface area contributed by atoms with Crippen molar-refractivity contribution in [2.45, 2.75) is 25.3 Å². The van der Waals surface area contributed by atoms with Crippen LogP contribution in [-0.2, 0) is 21.0 Å². The van der Waals surface area contributed by atoms with Gasteiger partial charge in [-0.2, -0.15) is 5.26 Å². The lowest BCUT2D eigenvalue weighted by molar-refractivity contribution is -0.142. The van der Waals surface area contributed by atoms with Crippen molar-refractivity contribution in [2.24, 2.45) is 5.92 Å². The Bertz CT molecular complexity index is 1050. The number of thioether (sulfide) groups is 1. The second-order valence-corrected chi connectivity index (χ2v) is 9.23. The minimum atomic E-state index is -1.07. The summed E-state index contributed by atoms with van der Waals surface area (Å²) in [5.74, 6) is 0.312. The Balaban J connectivity index is 1.81. The van der Waals surface area contributed by atoms with E-state index in [1.807, 2.05) is 32.0 Å². The zero-order valence-corrected chi connectivity index (χ0v) is 17.8.